The molecule has 3 rings (SSSR count). The zero-order valence-corrected chi connectivity index (χ0v) is 10.6. The van der Waals surface area contributed by atoms with Crippen LogP contribution in [0.1, 0.15) is 18.0 Å². The predicted octanol–water partition coefficient (Wildman–Crippen LogP) is 3.87. The number of rotatable bonds is 2. The second-order valence-electron chi connectivity index (χ2n) is 4.22. The molecule has 1 unspecified atom stereocenters. The molecule has 4 heteroatoms. The molecular weight excluding hydrogens is 247 g/mol. The van der Waals surface area contributed by atoms with Gasteiger partial charge in [0.2, 0.25) is 5.95 Å². The van der Waals surface area contributed by atoms with Crippen LogP contribution in [0.15, 0.2) is 47.4 Å². The van der Waals surface area contributed by atoms with Crippen molar-refractivity contribution in [3.8, 4) is 0 Å². The van der Waals surface area contributed by atoms with E-state index in [0.29, 0.717) is 5.82 Å². The van der Waals surface area contributed by atoms with Crippen LogP contribution in [-0.2, 0) is 0 Å². The van der Waals surface area contributed by atoms with Crippen LogP contribution in [0.5, 0.6) is 0 Å². The van der Waals surface area contributed by atoms with E-state index in [0.717, 1.165) is 12.2 Å². The Kier molecular flexibility index (Phi) is 3.19. The maximum Gasteiger partial charge on any atom is 0.214 e. The molecule has 0 radical (unpaired) electrons. The van der Waals surface area contributed by atoms with Gasteiger partial charge in [0.25, 0.3) is 0 Å². The number of aromatic nitrogens is 1. The number of nitrogens with one attached hydrogen (secondary N) is 1. The molecule has 0 amide bonds. The molecule has 92 valence electrons. The van der Waals surface area contributed by atoms with E-state index in [-0.39, 0.29) is 6.04 Å². The Balaban J connectivity index is 1.86. The van der Waals surface area contributed by atoms with Crippen molar-refractivity contribution in [2.24, 2.45) is 0 Å². The van der Waals surface area contributed by atoms with E-state index in [4.69, 9.17) is 0 Å². The Hall–Kier alpha value is -1.55. The summed E-state index contributed by atoms with van der Waals surface area (Å²) in [5, 5.41) is 3.31. The van der Waals surface area contributed by atoms with E-state index in [1.165, 1.54) is 16.5 Å². The van der Waals surface area contributed by atoms with Crippen molar-refractivity contribution in [1.82, 2.24) is 4.98 Å². The molecule has 2 nitrogen and oxygen atoms in total. The van der Waals surface area contributed by atoms with Crippen LogP contribution < -0.4 is 5.32 Å². The van der Waals surface area contributed by atoms with E-state index < -0.39 is 5.95 Å². The summed E-state index contributed by atoms with van der Waals surface area (Å²) >= 11 is 1.87. The molecule has 2 heterocycles. The Morgan fingerprint density at radius 1 is 1.17 bits per heavy atom. The van der Waals surface area contributed by atoms with Gasteiger partial charge in [-0.2, -0.15) is 4.39 Å². The van der Waals surface area contributed by atoms with Crippen molar-refractivity contribution in [2.45, 2.75) is 17.4 Å². The Morgan fingerprint density at radius 2 is 2.06 bits per heavy atom. The highest BCUT2D eigenvalue weighted by Gasteiger charge is 2.20. The third kappa shape index (κ3) is 2.34. The van der Waals surface area contributed by atoms with Crippen LogP contribution in [0.2, 0.25) is 0 Å². The van der Waals surface area contributed by atoms with Gasteiger partial charge in [-0.05, 0) is 30.2 Å². The number of hydrogen-bond donors (Lipinski definition) is 1. The molecule has 1 aromatic carbocycles. The lowest BCUT2D eigenvalue weighted by molar-refractivity contribution is 0.583. The molecule has 2 aromatic rings. The first-order valence-corrected chi connectivity index (χ1v) is 6.92. The van der Waals surface area contributed by atoms with Crippen molar-refractivity contribution >= 4 is 17.6 Å². The van der Waals surface area contributed by atoms with Crippen molar-refractivity contribution in [1.29, 1.82) is 0 Å². The van der Waals surface area contributed by atoms with Gasteiger partial charge in [0.15, 0.2) is 0 Å². The lowest BCUT2D eigenvalue weighted by Crippen LogP contribution is -2.16. The largest absolute Gasteiger partial charge is 0.363 e. The lowest BCUT2D eigenvalue weighted by Gasteiger charge is -2.26. The minimum atomic E-state index is -0.446. The zero-order chi connectivity index (χ0) is 12.4. The summed E-state index contributed by atoms with van der Waals surface area (Å²) in [4.78, 5) is 5.16. The van der Waals surface area contributed by atoms with Gasteiger partial charge < -0.3 is 5.32 Å². The van der Waals surface area contributed by atoms with Crippen molar-refractivity contribution < 1.29 is 4.39 Å². The van der Waals surface area contributed by atoms with Gasteiger partial charge in [-0.1, -0.05) is 24.3 Å². The highest BCUT2D eigenvalue weighted by atomic mass is 32.2. The van der Waals surface area contributed by atoms with E-state index >= 15 is 0 Å². The summed E-state index contributed by atoms with van der Waals surface area (Å²) in [5.74, 6) is 1.23. The zero-order valence-electron chi connectivity index (χ0n) is 9.77. The predicted molar refractivity (Wildman–Crippen MR) is 72.3 cm³/mol. The summed E-state index contributed by atoms with van der Waals surface area (Å²) in [6.45, 7) is 0. The molecule has 0 saturated heterocycles. The standard InChI is InChI=1S/C14H13FN2S/c15-13-6-3-7-14(17-13)16-11-8-9-18-12-5-2-1-4-10(11)12/h1-7,11H,8-9H2,(H,16,17). The van der Waals surface area contributed by atoms with Crippen LogP contribution in [-0.4, -0.2) is 10.7 Å². The molecule has 1 N–H and O–H groups in total. The second-order valence-corrected chi connectivity index (χ2v) is 5.35. The highest BCUT2D eigenvalue weighted by molar-refractivity contribution is 7.99. The van der Waals surface area contributed by atoms with Gasteiger partial charge in [-0.25, -0.2) is 4.98 Å². The lowest BCUT2D eigenvalue weighted by atomic mass is 10.0. The Morgan fingerprint density at radius 3 is 2.94 bits per heavy atom. The topological polar surface area (TPSA) is 24.9 Å². The molecule has 0 spiro atoms. The van der Waals surface area contributed by atoms with Crippen molar-refractivity contribution in [2.75, 3.05) is 11.1 Å². The fourth-order valence-electron chi connectivity index (χ4n) is 2.16. The van der Waals surface area contributed by atoms with Crippen LogP contribution >= 0.6 is 11.8 Å². The van der Waals surface area contributed by atoms with Crippen LogP contribution in [0.4, 0.5) is 10.2 Å². The molecule has 18 heavy (non-hydrogen) atoms. The van der Waals surface area contributed by atoms with Gasteiger partial charge in [0.05, 0.1) is 6.04 Å². The number of pyridine rings is 1. The average molecular weight is 260 g/mol. The molecule has 0 aliphatic carbocycles. The molecule has 1 aromatic heterocycles. The van der Waals surface area contributed by atoms with Crippen LogP contribution in [0.25, 0.3) is 0 Å². The summed E-state index contributed by atoms with van der Waals surface area (Å²) in [6.07, 6.45) is 1.03. The van der Waals surface area contributed by atoms with E-state index in [1.807, 2.05) is 17.8 Å². The van der Waals surface area contributed by atoms with Crippen LogP contribution in [0, 0.1) is 5.95 Å². The van der Waals surface area contributed by atoms with Gasteiger partial charge in [0, 0.05) is 10.6 Å². The van der Waals surface area contributed by atoms with Crippen LogP contribution in [0.3, 0.4) is 0 Å². The van der Waals surface area contributed by atoms with Gasteiger partial charge >= 0.3 is 0 Å². The second kappa shape index (κ2) is 4.98. The maximum absolute atomic E-state index is 13.1. The summed E-state index contributed by atoms with van der Waals surface area (Å²) < 4.78 is 13.1. The fraction of sp³-hybridized carbons (Fsp3) is 0.214. The third-order valence-electron chi connectivity index (χ3n) is 3.00. The molecule has 1 aliphatic rings. The number of fused-ring (bicyclic) bond motifs is 1. The normalized spacial score (nSPS) is 18.2. The van der Waals surface area contributed by atoms with Crippen molar-refractivity contribution in [3.63, 3.8) is 0 Å². The SMILES string of the molecule is Fc1cccc(NC2CCSc3ccccc32)n1. The first-order chi connectivity index (χ1) is 8.83. The molecule has 0 bridgehead atoms. The molecule has 0 fully saturated rings. The number of nitrogens with zero attached hydrogens (tertiary/aromatic N) is 1. The van der Waals surface area contributed by atoms with Gasteiger partial charge in [0.1, 0.15) is 5.82 Å². The van der Waals surface area contributed by atoms with E-state index in [1.54, 1.807) is 12.1 Å². The molecule has 0 saturated carbocycles. The quantitative estimate of drug-likeness (QED) is 0.830. The number of benzene rings is 1. The Bertz CT molecular complexity index is 559. The minimum absolute atomic E-state index is 0.219. The first kappa shape index (κ1) is 11.5. The smallest absolute Gasteiger partial charge is 0.214 e. The van der Waals surface area contributed by atoms with Crippen molar-refractivity contribution in [3.05, 3.63) is 54.0 Å². The van der Waals surface area contributed by atoms with E-state index in [2.05, 4.69) is 28.5 Å². The number of anilines is 1. The summed E-state index contributed by atoms with van der Waals surface area (Å²) in [6, 6.07) is 13.4. The molecular formula is C14H13FN2S. The maximum atomic E-state index is 13.1. The summed E-state index contributed by atoms with van der Waals surface area (Å²) in [7, 11) is 0. The minimum Gasteiger partial charge on any atom is -0.363 e. The van der Waals surface area contributed by atoms with Gasteiger partial charge in [-0.15, -0.1) is 11.8 Å². The summed E-state index contributed by atoms with van der Waals surface area (Å²) in [5.41, 5.74) is 1.28. The first-order valence-electron chi connectivity index (χ1n) is 5.94. The number of halogens is 1. The average Bonchev–Trinajstić information content (AvgIpc) is 2.39. The molecule has 1 atom stereocenters. The number of thioether (sulfide) groups is 1. The molecule has 1 aliphatic heterocycles. The monoisotopic (exact) mass is 260 g/mol. The Labute approximate surface area is 110 Å². The highest BCUT2D eigenvalue weighted by Crippen LogP contribution is 2.37. The fourth-order valence-corrected chi connectivity index (χ4v) is 3.28. The third-order valence-corrected chi connectivity index (χ3v) is 4.12. The van der Waals surface area contributed by atoms with Gasteiger partial charge in [-0.3, -0.25) is 0 Å². The van der Waals surface area contributed by atoms with E-state index in [9.17, 15) is 4.39 Å². The number of hydrogen-bond acceptors (Lipinski definition) is 3.